The summed E-state index contributed by atoms with van der Waals surface area (Å²) in [4.78, 5) is 29.8. The predicted octanol–water partition coefficient (Wildman–Crippen LogP) is 4.88. The number of aryl methyl sites for hydroxylation is 1. The van der Waals surface area contributed by atoms with Gasteiger partial charge in [0.25, 0.3) is 5.91 Å². The minimum atomic E-state index is -0.518. The van der Waals surface area contributed by atoms with E-state index in [-0.39, 0.29) is 17.9 Å². The van der Waals surface area contributed by atoms with E-state index in [0.29, 0.717) is 18.7 Å². The van der Waals surface area contributed by atoms with Crippen molar-refractivity contribution in [2.45, 2.75) is 25.3 Å². The lowest BCUT2D eigenvalue weighted by atomic mass is 9.81. The van der Waals surface area contributed by atoms with E-state index >= 15 is 0 Å². The maximum absolute atomic E-state index is 13.6. The fraction of sp³-hybridized carbons (Fsp3) is 0.280. The van der Waals surface area contributed by atoms with Crippen molar-refractivity contribution in [3.63, 3.8) is 0 Å². The summed E-state index contributed by atoms with van der Waals surface area (Å²) in [6.45, 7) is 2.92. The maximum atomic E-state index is 13.6. The van der Waals surface area contributed by atoms with E-state index in [1.165, 1.54) is 5.56 Å². The first-order valence-corrected chi connectivity index (χ1v) is 11.3. The van der Waals surface area contributed by atoms with E-state index in [9.17, 15) is 9.59 Å². The Kier molecular flexibility index (Phi) is 6.49. The molecule has 4 rings (SSSR count). The molecule has 160 valence electrons. The molecule has 1 aliphatic rings. The first kappa shape index (κ1) is 21.3. The fourth-order valence-electron chi connectivity index (χ4n) is 4.13. The summed E-state index contributed by atoms with van der Waals surface area (Å²) >= 11 is 1.56. The molecule has 0 spiro atoms. The van der Waals surface area contributed by atoms with Crippen LogP contribution in [0.5, 0.6) is 0 Å². The molecule has 0 aliphatic carbocycles. The Labute approximate surface area is 186 Å². The number of nitrogens with zero attached hydrogens (tertiary/aromatic N) is 1. The van der Waals surface area contributed by atoms with E-state index in [1.807, 2.05) is 60.0 Å². The first-order chi connectivity index (χ1) is 15.1. The molecule has 2 atom stereocenters. The summed E-state index contributed by atoms with van der Waals surface area (Å²) in [5.41, 5.74) is 3.31. The van der Waals surface area contributed by atoms with Gasteiger partial charge in [-0.3, -0.25) is 9.59 Å². The minimum absolute atomic E-state index is 0.0672. The monoisotopic (exact) mass is 434 g/mol. The van der Waals surface area contributed by atoms with E-state index in [0.717, 1.165) is 22.5 Å². The van der Waals surface area contributed by atoms with Crippen LogP contribution < -0.4 is 5.32 Å². The molecule has 0 saturated heterocycles. The number of hydrogen-bond acceptors (Lipinski definition) is 4. The van der Waals surface area contributed by atoms with Crippen molar-refractivity contribution < 1.29 is 14.3 Å². The summed E-state index contributed by atoms with van der Waals surface area (Å²) in [7, 11) is 1.62. The van der Waals surface area contributed by atoms with Gasteiger partial charge in [0.1, 0.15) is 0 Å². The number of methoxy groups -OCH3 is 1. The van der Waals surface area contributed by atoms with Crippen LogP contribution in [-0.4, -0.2) is 37.0 Å². The minimum Gasteiger partial charge on any atom is -0.383 e. The van der Waals surface area contributed by atoms with Crippen LogP contribution in [0.15, 0.2) is 66.0 Å². The average Bonchev–Trinajstić information content (AvgIpc) is 3.33. The number of nitrogens with one attached hydrogen (secondary N) is 1. The quantitative estimate of drug-likeness (QED) is 0.577. The van der Waals surface area contributed by atoms with Crippen molar-refractivity contribution in [3.05, 3.63) is 87.6 Å². The number of rotatable bonds is 7. The van der Waals surface area contributed by atoms with Crippen molar-refractivity contribution in [2.75, 3.05) is 25.6 Å². The zero-order valence-corrected chi connectivity index (χ0v) is 18.5. The molecule has 5 nitrogen and oxygen atoms in total. The number of amides is 2. The van der Waals surface area contributed by atoms with Crippen molar-refractivity contribution in [3.8, 4) is 0 Å². The first-order valence-electron chi connectivity index (χ1n) is 10.5. The summed E-state index contributed by atoms with van der Waals surface area (Å²) in [6.07, 6.45) is 0.946. The van der Waals surface area contributed by atoms with Gasteiger partial charge in [-0.25, -0.2) is 0 Å². The van der Waals surface area contributed by atoms with Crippen molar-refractivity contribution in [1.29, 1.82) is 0 Å². The number of benzene rings is 2. The Morgan fingerprint density at radius 3 is 2.55 bits per heavy atom. The van der Waals surface area contributed by atoms with Gasteiger partial charge in [0.05, 0.1) is 18.6 Å². The normalized spacial score (nSPS) is 18.0. The molecule has 1 aliphatic heterocycles. The SMILES string of the molecule is CCc1ccc(NC(=O)[C@@H]2c3ccccc3C(=O)N(CCOC)[C@H]2c2cccs2)cc1. The number of fused-ring (bicyclic) bond motifs is 1. The Bertz CT molecular complexity index is 1050. The van der Waals surface area contributed by atoms with Gasteiger partial charge >= 0.3 is 0 Å². The van der Waals surface area contributed by atoms with Crippen LogP contribution in [0.25, 0.3) is 0 Å². The Hall–Kier alpha value is -2.96. The molecule has 6 heteroatoms. The highest BCUT2D eigenvalue weighted by atomic mass is 32.1. The van der Waals surface area contributed by atoms with Gasteiger partial charge < -0.3 is 15.0 Å². The number of carbonyl (C=O) groups excluding carboxylic acids is 2. The van der Waals surface area contributed by atoms with Crippen molar-refractivity contribution in [2.24, 2.45) is 0 Å². The van der Waals surface area contributed by atoms with Crippen molar-refractivity contribution in [1.82, 2.24) is 4.90 Å². The second kappa shape index (κ2) is 9.45. The van der Waals surface area contributed by atoms with Crippen molar-refractivity contribution >= 4 is 28.8 Å². The largest absolute Gasteiger partial charge is 0.383 e. The van der Waals surface area contributed by atoms with Gasteiger partial charge in [0.15, 0.2) is 0 Å². The summed E-state index contributed by atoms with van der Waals surface area (Å²) in [5, 5.41) is 5.06. The standard InChI is InChI=1S/C25H26N2O3S/c1-3-17-10-12-18(13-11-17)26-24(28)22-19-7-4-5-8-20(19)25(29)27(14-15-30-2)23(22)21-9-6-16-31-21/h4-13,16,22-23H,3,14-15H2,1-2H3,(H,26,28)/t22-,23+/m1/s1. The molecule has 0 bridgehead atoms. The molecule has 0 fully saturated rings. The Balaban J connectivity index is 1.76. The zero-order chi connectivity index (χ0) is 21.8. The lowest BCUT2D eigenvalue weighted by Crippen LogP contribution is -2.47. The van der Waals surface area contributed by atoms with Crippen LogP contribution in [0.2, 0.25) is 0 Å². The molecule has 2 amide bonds. The third-order valence-corrected chi connectivity index (χ3v) is 6.66. The predicted molar refractivity (Wildman–Crippen MR) is 124 cm³/mol. The molecule has 0 unspecified atom stereocenters. The number of thiophene rings is 1. The topological polar surface area (TPSA) is 58.6 Å². The van der Waals surface area contributed by atoms with Crippen LogP contribution >= 0.6 is 11.3 Å². The van der Waals surface area contributed by atoms with Crippen LogP contribution in [0.3, 0.4) is 0 Å². The van der Waals surface area contributed by atoms with Gasteiger partial charge in [-0.1, -0.05) is 43.3 Å². The van der Waals surface area contributed by atoms with Gasteiger partial charge in [-0.2, -0.15) is 0 Å². The molecular weight excluding hydrogens is 408 g/mol. The van der Waals surface area contributed by atoms with Gasteiger partial charge in [0, 0.05) is 29.8 Å². The van der Waals surface area contributed by atoms with E-state index in [4.69, 9.17) is 4.74 Å². The second-order valence-corrected chi connectivity index (χ2v) is 8.54. The summed E-state index contributed by atoms with van der Waals surface area (Å²) in [5.74, 6) is -0.706. The van der Waals surface area contributed by atoms with Crippen LogP contribution in [0, 0.1) is 0 Å². The smallest absolute Gasteiger partial charge is 0.254 e. The van der Waals surface area contributed by atoms with E-state index in [1.54, 1.807) is 29.4 Å². The third kappa shape index (κ3) is 4.27. The molecule has 0 radical (unpaired) electrons. The number of ether oxygens (including phenoxy) is 1. The fourth-order valence-corrected chi connectivity index (χ4v) is 5.00. The Morgan fingerprint density at radius 2 is 1.87 bits per heavy atom. The molecule has 2 heterocycles. The molecule has 2 aromatic carbocycles. The third-order valence-electron chi connectivity index (χ3n) is 5.72. The number of carbonyl (C=O) groups is 2. The maximum Gasteiger partial charge on any atom is 0.254 e. The highest BCUT2D eigenvalue weighted by molar-refractivity contribution is 7.10. The van der Waals surface area contributed by atoms with Crippen LogP contribution in [-0.2, 0) is 16.0 Å². The van der Waals surface area contributed by atoms with Gasteiger partial charge in [0.2, 0.25) is 5.91 Å². The van der Waals surface area contributed by atoms with E-state index < -0.39 is 5.92 Å². The molecule has 1 aromatic heterocycles. The van der Waals surface area contributed by atoms with E-state index in [2.05, 4.69) is 12.2 Å². The average molecular weight is 435 g/mol. The molecule has 3 aromatic rings. The lowest BCUT2D eigenvalue weighted by Gasteiger charge is -2.41. The van der Waals surface area contributed by atoms with Crippen LogP contribution in [0.4, 0.5) is 5.69 Å². The Morgan fingerprint density at radius 1 is 1.10 bits per heavy atom. The highest BCUT2D eigenvalue weighted by Gasteiger charge is 2.44. The lowest BCUT2D eigenvalue weighted by molar-refractivity contribution is -0.119. The number of hydrogen-bond donors (Lipinski definition) is 1. The summed E-state index contributed by atoms with van der Waals surface area (Å²) < 4.78 is 5.27. The van der Waals surface area contributed by atoms with Crippen LogP contribution in [0.1, 0.15) is 45.2 Å². The molecule has 31 heavy (non-hydrogen) atoms. The van der Waals surface area contributed by atoms with Gasteiger partial charge in [-0.05, 0) is 47.2 Å². The zero-order valence-electron chi connectivity index (χ0n) is 17.7. The molecule has 1 N–H and O–H groups in total. The molecular formula is C25H26N2O3S. The second-order valence-electron chi connectivity index (χ2n) is 7.56. The number of anilines is 1. The molecule has 0 saturated carbocycles. The van der Waals surface area contributed by atoms with Gasteiger partial charge in [-0.15, -0.1) is 11.3 Å². The summed E-state index contributed by atoms with van der Waals surface area (Å²) in [6, 6.07) is 18.9. The highest BCUT2D eigenvalue weighted by Crippen LogP contribution is 2.44.